The molecule has 1 aromatic rings. The average Bonchev–Trinajstić information content (AvgIpc) is 2.23. The Bertz CT molecular complexity index is 339. The highest BCUT2D eigenvalue weighted by atomic mass is 79.9. The lowest BCUT2D eigenvalue weighted by molar-refractivity contribution is 0.430. The zero-order valence-corrected chi connectivity index (χ0v) is 11.6. The van der Waals surface area contributed by atoms with E-state index in [-0.39, 0.29) is 5.82 Å². The van der Waals surface area contributed by atoms with E-state index in [1.807, 2.05) is 12.1 Å². The molecule has 0 radical (unpaired) electrons. The van der Waals surface area contributed by atoms with Crippen molar-refractivity contribution in [2.75, 3.05) is 6.54 Å². The van der Waals surface area contributed by atoms with Crippen LogP contribution < -0.4 is 5.32 Å². The van der Waals surface area contributed by atoms with E-state index in [0.717, 1.165) is 18.5 Å². The Kier molecular flexibility index (Phi) is 5.42. The maximum Gasteiger partial charge on any atom is 0.137 e. The first-order valence-electron chi connectivity index (χ1n) is 5.68. The molecule has 1 rings (SSSR count). The van der Waals surface area contributed by atoms with Crippen LogP contribution in [0.5, 0.6) is 0 Å². The Morgan fingerprint density at radius 1 is 1.31 bits per heavy atom. The molecule has 0 saturated heterocycles. The Balaban J connectivity index is 2.40. The van der Waals surface area contributed by atoms with Crippen molar-refractivity contribution in [1.29, 1.82) is 0 Å². The van der Waals surface area contributed by atoms with Crippen LogP contribution in [0.2, 0.25) is 0 Å². The molecule has 0 aliphatic carbocycles. The Morgan fingerprint density at radius 2 is 2.00 bits per heavy atom. The monoisotopic (exact) mass is 287 g/mol. The van der Waals surface area contributed by atoms with E-state index < -0.39 is 0 Å². The molecule has 1 N–H and O–H groups in total. The third kappa shape index (κ3) is 4.22. The van der Waals surface area contributed by atoms with E-state index in [9.17, 15) is 4.39 Å². The highest BCUT2D eigenvalue weighted by molar-refractivity contribution is 9.10. The summed E-state index contributed by atoms with van der Waals surface area (Å²) >= 11 is 3.19. The molecule has 0 fully saturated rings. The van der Waals surface area contributed by atoms with Gasteiger partial charge < -0.3 is 5.32 Å². The zero-order valence-electron chi connectivity index (χ0n) is 10.1. The van der Waals surface area contributed by atoms with Gasteiger partial charge in [-0.15, -0.1) is 0 Å². The lowest BCUT2D eigenvalue weighted by Crippen LogP contribution is -2.32. The molecule has 0 aliphatic rings. The normalized spacial score (nSPS) is 13.1. The second-order valence-corrected chi connectivity index (χ2v) is 5.34. The van der Waals surface area contributed by atoms with Crippen LogP contribution in [0.15, 0.2) is 22.7 Å². The topological polar surface area (TPSA) is 12.0 Å². The predicted octanol–water partition coefficient (Wildman–Crippen LogP) is 3.76. The van der Waals surface area contributed by atoms with Crippen molar-refractivity contribution in [2.45, 2.75) is 33.2 Å². The quantitative estimate of drug-likeness (QED) is 0.869. The highest BCUT2D eigenvalue weighted by Gasteiger charge is 2.05. The fraction of sp³-hybridized carbons (Fsp3) is 0.538. The van der Waals surface area contributed by atoms with E-state index in [4.69, 9.17) is 0 Å². The molecular weight excluding hydrogens is 269 g/mol. The molecule has 0 aromatic heterocycles. The molecule has 0 aliphatic heterocycles. The number of halogens is 2. The molecule has 3 heteroatoms. The summed E-state index contributed by atoms with van der Waals surface area (Å²) in [6.45, 7) is 7.51. The first-order valence-corrected chi connectivity index (χ1v) is 6.47. The van der Waals surface area contributed by atoms with Crippen molar-refractivity contribution in [3.05, 3.63) is 34.1 Å². The van der Waals surface area contributed by atoms with E-state index in [0.29, 0.717) is 16.4 Å². The van der Waals surface area contributed by atoms with Crippen molar-refractivity contribution >= 4 is 15.9 Å². The molecule has 16 heavy (non-hydrogen) atoms. The summed E-state index contributed by atoms with van der Waals surface area (Å²) in [5.41, 5.74) is 1.15. The highest BCUT2D eigenvalue weighted by Crippen LogP contribution is 2.16. The average molecular weight is 288 g/mol. The molecule has 0 amide bonds. The van der Waals surface area contributed by atoms with Gasteiger partial charge in [-0.3, -0.25) is 0 Å². The van der Waals surface area contributed by atoms with Gasteiger partial charge in [0.05, 0.1) is 4.47 Å². The predicted molar refractivity (Wildman–Crippen MR) is 70.1 cm³/mol. The first kappa shape index (κ1) is 13.7. The van der Waals surface area contributed by atoms with Crippen molar-refractivity contribution in [3.8, 4) is 0 Å². The van der Waals surface area contributed by atoms with Crippen molar-refractivity contribution in [1.82, 2.24) is 5.32 Å². The minimum Gasteiger partial charge on any atom is -0.314 e. The van der Waals surface area contributed by atoms with Crippen LogP contribution in [0.25, 0.3) is 0 Å². The molecule has 0 bridgehead atoms. The van der Waals surface area contributed by atoms with Gasteiger partial charge >= 0.3 is 0 Å². The molecule has 0 spiro atoms. The lowest BCUT2D eigenvalue weighted by Gasteiger charge is -2.17. The summed E-state index contributed by atoms with van der Waals surface area (Å²) in [6, 6.07) is 5.70. The molecular formula is C13H19BrFN. The SMILES string of the molecule is CC(C)C(C)NCCc1ccc(F)c(Br)c1. The second kappa shape index (κ2) is 6.36. The molecule has 1 unspecified atom stereocenters. The minimum absolute atomic E-state index is 0.202. The van der Waals surface area contributed by atoms with Crippen LogP contribution >= 0.6 is 15.9 Å². The molecule has 1 atom stereocenters. The van der Waals surface area contributed by atoms with Crippen LogP contribution in [0.4, 0.5) is 4.39 Å². The molecule has 1 nitrogen and oxygen atoms in total. The summed E-state index contributed by atoms with van der Waals surface area (Å²) in [5.74, 6) is 0.437. The van der Waals surface area contributed by atoms with Crippen LogP contribution in [0, 0.1) is 11.7 Å². The summed E-state index contributed by atoms with van der Waals surface area (Å²) in [6.07, 6.45) is 0.927. The van der Waals surface area contributed by atoms with E-state index in [1.165, 1.54) is 6.07 Å². The number of rotatable bonds is 5. The standard InChI is InChI=1S/C13H19BrFN/c1-9(2)10(3)16-7-6-11-4-5-13(15)12(14)8-11/h4-5,8-10,16H,6-7H2,1-3H3. The van der Waals surface area contributed by atoms with Gasteiger partial charge in [0, 0.05) is 6.04 Å². The Morgan fingerprint density at radius 3 is 2.56 bits per heavy atom. The Labute approximate surface area is 106 Å². The number of benzene rings is 1. The fourth-order valence-electron chi connectivity index (χ4n) is 1.38. The van der Waals surface area contributed by atoms with Crippen molar-refractivity contribution in [3.63, 3.8) is 0 Å². The maximum atomic E-state index is 13.0. The van der Waals surface area contributed by atoms with Gasteiger partial charge in [-0.05, 0) is 59.4 Å². The summed E-state index contributed by atoms with van der Waals surface area (Å²) in [7, 11) is 0. The van der Waals surface area contributed by atoms with Gasteiger partial charge in [-0.1, -0.05) is 19.9 Å². The van der Waals surface area contributed by atoms with E-state index >= 15 is 0 Å². The van der Waals surface area contributed by atoms with Gasteiger partial charge in [-0.25, -0.2) is 4.39 Å². The van der Waals surface area contributed by atoms with Gasteiger partial charge in [0.2, 0.25) is 0 Å². The third-order valence-electron chi connectivity index (χ3n) is 2.86. The largest absolute Gasteiger partial charge is 0.314 e. The summed E-state index contributed by atoms with van der Waals surface area (Å²) < 4.78 is 13.5. The van der Waals surface area contributed by atoms with Gasteiger partial charge in [0.25, 0.3) is 0 Å². The smallest absolute Gasteiger partial charge is 0.137 e. The van der Waals surface area contributed by atoms with Crippen molar-refractivity contribution in [2.24, 2.45) is 5.92 Å². The molecule has 0 saturated carbocycles. The summed E-state index contributed by atoms with van der Waals surface area (Å²) in [4.78, 5) is 0. The first-order chi connectivity index (χ1) is 7.50. The second-order valence-electron chi connectivity index (χ2n) is 4.49. The lowest BCUT2D eigenvalue weighted by atomic mass is 10.1. The van der Waals surface area contributed by atoms with E-state index in [2.05, 4.69) is 42.0 Å². The van der Waals surface area contributed by atoms with Crippen LogP contribution in [-0.2, 0) is 6.42 Å². The van der Waals surface area contributed by atoms with Crippen LogP contribution in [0.1, 0.15) is 26.3 Å². The molecule has 0 heterocycles. The molecule has 1 aromatic carbocycles. The van der Waals surface area contributed by atoms with Gasteiger partial charge in [0.15, 0.2) is 0 Å². The van der Waals surface area contributed by atoms with Gasteiger partial charge in [0.1, 0.15) is 5.82 Å². The number of nitrogens with one attached hydrogen (secondary N) is 1. The van der Waals surface area contributed by atoms with Crippen molar-refractivity contribution < 1.29 is 4.39 Å². The minimum atomic E-state index is -0.202. The third-order valence-corrected chi connectivity index (χ3v) is 3.47. The van der Waals surface area contributed by atoms with Gasteiger partial charge in [-0.2, -0.15) is 0 Å². The zero-order chi connectivity index (χ0) is 12.1. The summed E-state index contributed by atoms with van der Waals surface area (Å²) in [5, 5.41) is 3.46. The molecule has 90 valence electrons. The van der Waals surface area contributed by atoms with Crippen LogP contribution in [-0.4, -0.2) is 12.6 Å². The fourth-order valence-corrected chi connectivity index (χ4v) is 1.80. The maximum absolute atomic E-state index is 13.0. The van der Waals surface area contributed by atoms with E-state index in [1.54, 1.807) is 0 Å². The number of hydrogen-bond donors (Lipinski definition) is 1. The van der Waals surface area contributed by atoms with Crippen LogP contribution in [0.3, 0.4) is 0 Å². The number of hydrogen-bond acceptors (Lipinski definition) is 1. The Hall–Kier alpha value is -0.410.